The number of carboxylic acid groups (broad SMARTS) is 3. The van der Waals surface area contributed by atoms with Crippen LogP contribution in [-0.4, -0.2) is 146 Å². The number of carboxylic acids is 3. The highest BCUT2D eigenvalue weighted by Gasteiger charge is 2.32. The molecule has 0 aliphatic heterocycles. The number of hydrogen-bond donors (Lipinski definition) is 4. The molecule has 102 heavy (non-hydrogen) atoms. The fraction of sp³-hybridized carbons (Fsp3) is 0.493. The smallest absolute Gasteiger partial charge is 0.317 e. The molecule has 8 atom stereocenters. The molecule has 2 unspecified atom stereocenters. The lowest BCUT2D eigenvalue weighted by Crippen LogP contribution is -2.29. The van der Waals surface area contributed by atoms with Gasteiger partial charge in [0, 0.05) is 39.3 Å². The van der Waals surface area contributed by atoms with Crippen LogP contribution in [0.2, 0.25) is 0 Å². The third kappa shape index (κ3) is 19.1. The molecule has 3 fully saturated rings. The van der Waals surface area contributed by atoms with Crippen molar-refractivity contribution in [3.63, 3.8) is 0 Å². The van der Waals surface area contributed by atoms with Gasteiger partial charge in [-0.05, 0) is 154 Å². The van der Waals surface area contributed by atoms with Crippen molar-refractivity contribution < 1.29 is 62.2 Å². The van der Waals surface area contributed by atoms with E-state index in [1.165, 1.54) is 44.8 Å². The second-order valence-corrected chi connectivity index (χ2v) is 25.7. The second-order valence-electron chi connectivity index (χ2n) is 25.7. The number of nitrogens with zero attached hydrogens (tertiary/aromatic N) is 19. The third-order valence-corrected chi connectivity index (χ3v) is 17.8. The molecule has 12 rings (SSSR count). The van der Waals surface area contributed by atoms with Crippen molar-refractivity contribution in [1.82, 2.24) is 94.8 Å². The van der Waals surface area contributed by atoms with Crippen LogP contribution in [0.1, 0.15) is 174 Å². The molecule has 0 aromatic carbocycles. The summed E-state index contributed by atoms with van der Waals surface area (Å²) < 4.78 is 61.7. The maximum absolute atomic E-state index is 13.5. The van der Waals surface area contributed by atoms with Crippen LogP contribution in [0.25, 0.3) is 34.2 Å². The maximum Gasteiger partial charge on any atom is 0.317 e. The Hall–Kier alpha value is -10.9. The van der Waals surface area contributed by atoms with Crippen LogP contribution in [0.3, 0.4) is 0 Å². The summed E-state index contributed by atoms with van der Waals surface area (Å²) in [5.74, 6) is 0.196. The summed E-state index contributed by atoms with van der Waals surface area (Å²) in [7, 11) is 5.31. The minimum atomic E-state index is -1.23. The summed E-state index contributed by atoms with van der Waals surface area (Å²) in [6, 6.07) is 14.0. The monoisotopic (exact) mass is 1410 g/mol. The van der Waals surface area contributed by atoms with E-state index in [0.29, 0.717) is 125 Å². The molecule has 4 N–H and O–H groups in total. The van der Waals surface area contributed by atoms with E-state index in [2.05, 4.69) is 81.1 Å². The van der Waals surface area contributed by atoms with Gasteiger partial charge in [0.2, 0.25) is 11.8 Å². The van der Waals surface area contributed by atoms with Crippen molar-refractivity contribution in [3.8, 4) is 63.3 Å². The lowest BCUT2D eigenvalue weighted by Gasteiger charge is -2.27. The molecule has 9 heterocycles. The van der Waals surface area contributed by atoms with Gasteiger partial charge in [-0.1, -0.05) is 29.5 Å². The second kappa shape index (κ2) is 34.0. The lowest BCUT2D eigenvalue weighted by molar-refractivity contribution is -0.144. The highest BCUT2D eigenvalue weighted by Crippen LogP contribution is 2.35. The Kier molecular flexibility index (Phi) is 24.6. The first-order chi connectivity index (χ1) is 48.9. The van der Waals surface area contributed by atoms with Crippen LogP contribution >= 0.6 is 0 Å². The summed E-state index contributed by atoms with van der Waals surface area (Å²) in [5, 5.41) is 56.3. The predicted molar refractivity (Wildman–Crippen MR) is 362 cm³/mol. The van der Waals surface area contributed by atoms with E-state index in [9.17, 15) is 38.5 Å². The molecule has 0 saturated heterocycles. The SMILES string of the molecule is Cc1nc(-c2nnn(C)c2CNc2ncnc(C(C)C)n2)ccc1O[C@H]1CCC[C@H](C(=O)O)C1.Cc1nc(-c2nnn(C)c2COc2cc(C(C)F)ncn2)ccc1O[C@H]1CCC[C@H](C(=O)O)C1.Cc1nc(-c2nnn(C)c2COc2nccc(C(C)F)n2)ccc1O[C@H]1CCC[C@H](C(=O)O)C1. The van der Waals surface area contributed by atoms with Gasteiger partial charge in [-0.3, -0.25) is 14.4 Å². The number of carbonyl (C=O) groups is 3. The van der Waals surface area contributed by atoms with Crippen LogP contribution in [-0.2, 0) is 55.3 Å². The summed E-state index contributed by atoms with van der Waals surface area (Å²) in [4.78, 5) is 76.9. The van der Waals surface area contributed by atoms with Crippen molar-refractivity contribution in [2.75, 3.05) is 5.32 Å². The third-order valence-electron chi connectivity index (χ3n) is 17.8. The molecule has 31 nitrogen and oxygen atoms in total. The maximum atomic E-state index is 13.5. The largest absolute Gasteiger partial charge is 0.489 e. The quantitative estimate of drug-likeness (QED) is 0.0436. The molecule has 33 heteroatoms. The fourth-order valence-electron chi connectivity index (χ4n) is 12.0. The molecule has 0 radical (unpaired) electrons. The van der Waals surface area contributed by atoms with Gasteiger partial charge < -0.3 is 44.3 Å². The Balaban J connectivity index is 0.000000165. The molecule has 3 aliphatic carbocycles. The van der Waals surface area contributed by atoms with Gasteiger partial charge in [-0.15, -0.1) is 15.3 Å². The highest BCUT2D eigenvalue weighted by molar-refractivity contribution is 5.71. The average Bonchev–Trinajstić information content (AvgIpc) is 1.61. The Morgan fingerprint density at radius 1 is 0.520 bits per heavy atom. The lowest BCUT2D eigenvalue weighted by atomic mass is 9.87. The zero-order valence-corrected chi connectivity index (χ0v) is 58.5. The van der Waals surface area contributed by atoms with Crippen molar-refractivity contribution in [2.24, 2.45) is 38.9 Å². The van der Waals surface area contributed by atoms with Gasteiger partial charge in [-0.25, -0.2) is 62.7 Å². The van der Waals surface area contributed by atoms with Gasteiger partial charge in [0.05, 0.1) is 93.9 Å². The molecule has 0 amide bonds. The summed E-state index contributed by atoms with van der Waals surface area (Å²) >= 11 is 0. The van der Waals surface area contributed by atoms with Crippen LogP contribution in [0.15, 0.2) is 67.4 Å². The standard InChI is InChI=1S/2C23H27FN6O4.C23H30N8O3/c1-13(24)18-10-21(26-12-25-18)33-11-19-22(28-29-30(19)3)17-7-8-20(14(2)27-17)34-16-6-4-5-15(9-16)23(31)32;1-13(24)17-9-10-25-23(27-17)33-12-19-21(28-29-30(19)3)18-7-8-20(14(2)26-18)34-16-6-4-5-15(11-16)22(31)32;1-13(2)21-25-12-26-23(28-21)24-11-18-20(29-30-31(18)4)17-8-9-19(14(3)27-17)34-16-7-5-6-15(10-16)22(32)33/h7-8,10,12-13,15-16H,4-6,9,11H2,1-3H3,(H,31,32);7-10,13,15-16H,4-6,11-12H2,1-3H3,(H,31,32);8-9,12-13,15-16H,5-7,10-11H2,1-4H3,(H,32,33)(H,24,25,26,28)/t2*13?,15-,16-;15-,16-/m000/s1. The van der Waals surface area contributed by atoms with Crippen molar-refractivity contribution in [3.05, 3.63) is 119 Å². The van der Waals surface area contributed by atoms with Gasteiger partial charge in [0.25, 0.3) is 0 Å². The van der Waals surface area contributed by atoms with E-state index >= 15 is 0 Å². The number of rotatable bonds is 24. The molecular formula is C69H84F2N20O11. The van der Waals surface area contributed by atoms with Gasteiger partial charge in [-0.2, -0.15) is 9.97 Å². The van der Waals surface area contributed by atoms with Gasteiger partial charge >= 0.3 is 23.9 Å². The van der Waals surface area contributed by atoms with Gasteiger partial charge in [0.15, 0.2) is 0 Å². The highest BCUT2D eigenvalue weighted by atomic mass is 19.1. The molecule has 9 aromatic heterocycles. The predicted octanol–water partition coefficient (Wildman–Crippen LogP) is 10.3. The number of nitrogens with one attached hydrogen (secondary N) is 1. The zero-order valence-electron chi connectivity index (χ0n) is 58.5. The molecule has 3 saturated carbocycles. The molecular weight excluding hydrogens is 1320 g/mol. The van der Waals surface area contributed by atoms with Gasteiger partial charge in [0.1, 0.15) is 89.8 Å². The van der Waals surface area contributed by atoms with Crippen LogP contribution in [0, 0.1) is 38.5 Å². The number of aliphatic carboxylic acids is 3. The first kappa shape index (κ1) is 73.8. The number of anilines is 1. The number of pyridine rings is 3. The molecule has 9 aromatic rings. The number of alkyl halides is 2. The minimum absolute atomic E-state index is 0.0641. The van der Waals surface area contributed by atoms with Crippen molar-refractivity contribution in [2.45, 2.75) is 182 Å². The first-order valence-electron chi connectivity index (χ1n) is 33.8. The Morgan fingerprint density at radius 3 is 1.38 bits per heavy atom. The normalized spacial score (nSPS) is 18.7. The Bertz CT molecular complexity index is 3930. The Morgan fingerprint density at radius 2 is 0.951 bits per heavy atom. The number of aromatic nitrogens is 19. The zero-order chi connectivity index (χ0) is 72.7. The average molecular weight is 1410 g/mol. The molecule has 3 aliphatic rings. The van der Waals surface area contributed by atoms with Crippen LogP contribution in [0.4, 0.5) is 14.7 Å². The van der Waals surface area contributed by atoms with Crippen LogP contribution < -0.4 is 29.0 Å². The number of halogens is 2. The molecule has 0 spiro atoms. The van der Waals surface area contributed by atoms with E-state index < -0.39 is 30.3 Å². The van der Waals surface area contributed by atoms with E-state index in [4.69, 9.17) is 28.7 Å². The molecule has 540 valence electrons. The van der Waals surface area contributed by atoms with E-state index in [1.54, 1.807) is 40.3 Å². The number of ether oxygens (including phenoxy) is 5. The number of hydrogen-bond acceptors (Lipinski definition) is 25. The topological polar surface area (TPSA) is 391 Å². The van der Waals surface area contributed by atoms with Crippen molar-refractivity contribution >= 4 is 23.9 Å². The van der Waals surface area contributed by atoms with Crippen molar-refractivity contribution in [1.29, 1.82) is 0 Å². The Labute approximate surface area is 586 Å². The summed E-state index contributed by atoms with van der Waals surface area (Å²) in [5.41, 5.74) is 8.33. The summed E-state index contributed by atoms with van der Waals surface area (Å²) in [6.45, 7) is 13.0. The van der Waals surface area contributed by atoms with E-state index in [0.717, 1.165) is 55.7 Å². The fourth-order valence-corrected chi connectivity index (χ4v) is 12.0. The van der Waals surface area contributed by atoms with E-state index in [1.807, 2.05) is 65.9 Å². The first-order valence-corrected chi connectivity index (χ1v) is 33.8. The molecule has 0 bridgehead atoms. The number of aryl methyl sites for hydroxylation is 6. The van der Waals surface area contributed by atoms with Crippen LogP contribution in [0.5, 0.6) is 29.1 Å². The summed E-state index contributed by atoms with van der Waals surface area (Å²) in [6.07, 6.45) is 9.92. The minimum Gasteiger partial charge on any atom is -0.489 e. The van der Waals surface area contributed by atoms with E-state index in [-0.39, 0.29) is 78.5 Å².